The highest BCUT2D eigenvalue weighted by molar-refractivity contribution is 6.03. The van der Waals surface area contributed by atoms with Gasteiger partial charge in [0.25, 0.3) is 5.91 Å². The van der Waals surface area contributed by atoms with E-state index in [2.05, 4.69) is 10.4 Å². The Hall–Kier alpha value is -3.33. The van der Waals surface area contributed by atoms with E-state index in [-0.39, 0.29) is 5.76 Å². The van der Waals surface area contributed by atoms with Crippen molar-refractivity contribution in [1.29, 1.82) is 5.26 Å². The zero-order valence-corrected chi connectivity index (χ0v) is 13.4. The molecule has 1 N–H and O–H groups in total. The molecular formula is C18H16N4O2. The second-order valence-electron chi connectivity index (χ2n) is 5.46. The summed E-state index contributed by atoms with van der Waals surface area (Å²) in [5.41, 5.74) is 2.82. The fourth-order valence-electron chi connectivity index (χ4n) is 2.44. The van der Waals surface area contributed by atoms with Gasteiger partial charge >= 0.3 is 0 Å². The molecule has 3 aromatic rings. The van der Waals surface area contributed by atoms with Crippen molar-refractivity contribution in [3.8, 4) is 6.07 Å². The van der Waals surface area contributed by atoms with Crippen LogP contribution in [0.5, 0.6) is 0 Å². The highest BCUT2D eigenvalue weighted by atomic mass is 16.4. The monoisotopic (exact) mass is 320 g/mol. The number of hydrogen-bond acceptors (Lipinski definition) is 4. The lowest BCUT2D eigenvalue weighted by molar-refractivity contribution is 0.0994. The summed E-state index contributed by atoms with van der Waals surface area (Å²) in [6.45, 7) is 4.36. The smallest absolute Gasteiger partial charge is 0.291 e. The Labute approximate surface area is 139 Å². The normalized spacial score (nSPS) is 10.4. The van der Waals surface area contributed by atoms with Gasteiger partial charge in [0, 0.05) is 5.69 Å². The van der Waals surface area contributed by atoms with Crippen LogP contribution in [0.15, 0.2) is 46.9 Å². The van der Waals surface area contributed by atoms with Crippen LogP contribution >= 0.6 is 0 Å². The summed E-state index contributed by atoms with van der Waals surface area (Å²) in [5, 5.41) is 16.1. The number of rotatable bonds is 4. The van der Waals surface area contributed by atoms with Crippen molar-refractivity contribution in [2.45, 2.75) is 20.4 Å². The molecule has 120 valence electrons. The van der Waals surface area contributed by atoms with E-state index in [0.29, 0.717) is 23.6 Å². The van der Waals surface area contributed by atoms with Crippen molar-refractivity contribution in [2.24, 2.45) is 0 Å². The van der Waals surface area contributed by atoms with Crippen LogP contribution in [0.2, 0.25) is 0 Å². The minimum Gasteiger partial charge on any atom is -0.454 e. The van der Waals surface area contributed by atoms with Gasteiger partial charge in [0.15, 0.2) is 5.76 Å². The quantitative estimate of drug-likeness (QED) is 0.799. The second-order valence-corrected chi connectivity index (χ2v) is 5.46. The molecule has 3 rings (SSSR count). The second kappa shape index (κ2) is 6.42. The molecule has 0 aliphatic rings. The van der Waals surface area contributed by atoms with Crippen molar-refractivity contribution in [2.75, 3.05) is 5.32 Å². The number of aromatic nitrogens is 2. The first-order valence-corrected chi connectivity index (χ1v) is 7.47. The van der Waals surface area contributed by atoms with Crippen molar-refractivity contribution < 1.29 is 9.21 Å². The number of furan rings is 1. The molecule has 0 fully saturated rings. The van der Waals surface area contributed by atoms with E-state index in [4.69, 9.17) is 9.68 Å². The van der Waals surface area contributed by atoms with Crippen LogP contribution in [0.3, 0.4) is 0 Å². The number of hydrogen-bond donors (Lipinski definition) is 1. The first-order chi connectivity index (χ1) is 11.6. The molecule has 6 nitrogen and oxygen atoms in total. The van der Waals surface area contributed by atoms with Crippen molar-refractivity contribution in [1.82, 2.24) is 9.78 Å². The van der Waals surface area contributed by atoms with Gasteiger partial charge in [0.05, 0.1) is 23.5 Å². The van der Waals surface area contributed by atoms with Gasteiger partial charge in [-0.25, -0.2) is 0 Å². The van der Waals surface area contributed by atoms with Gasteiger partial charge in [0.2, 0.25) is 0 Å². The fraction of sp³-hybridized carbons (Fsp3) is 0.167. The zero-order valence-electron chi connectivity index (χ0n) is 13.4. The fourth-order valence-corrected chi connectivity index (χ4v) is 2.44. The largest absolute Gasteiger partial charge is 0.454 e. The van der Waals surface area contributed by atoms with E-state index in [1.807, 2.05) is 30.7 Å². The molecule has 0 radical (unpaired) electrons. The van der Waals surface area contributed by atoms with Crippen LogP contribution in [0.4, 0.5) is 5.69 Å². The number of para-hydroxylation sites is 1. The van der Waals surface area contributed by atoms with Gasteiger partial charge in [0.1, 0.15) is 11.8 Å². The van der Waals surface area contributed by atoms with Gasteiger partial charge in [-0.05, 0) is 44.2 Å². The summed E-state index contributed by atoms with van der Waals surface area (Å²) in [6.07, 6.45) is 0. The molecule has 0 unspecified atom stereocenters. The number of carbonyl (C=O) groups is 1. The molecular weight excluding hydrogens is 304 g/mol. The zero-order chi connectivity index (χ0) is 17.1. The predicted molar refractivity (Wildman–Crippen MR) is 88.6 cm³/mol. The molecule has 0 aliphatic heterocycles. The number of nitriles is 1. The van der Waals surface area contributed by atoms with E-state index < -0.39 is 5.91 Å². The lowest BCUT2D eigenvalue weighted by Gasteiger charge is -2.05. The van der Waals surface area contributed by atoms with Crippen LogP contribution in [0.1, 0.15) is 33.3 Å². The molecule has 0 spiro atoms. The lowest BCUT2D eigenvalue weighted by Crippen LogP contribution is -2.12. The highest BCUT2D eigenvalue weighted by Crippen LogP contribution is 2.17. The summed E-state index contributed by atoms with van der Waals surface area (Å²) < 4.78 is 7.42. The lowest BCUT2D eigenvalue weighted by atomic mass is 10.2. The van der Waals surface area contributed by atoms with E-state index in [0.717, 1.165) is 11.4 Å². The van der Waals surface area contributed by atoms with E-state index in [1.54, 1.807) is 36.4 Å². The van der Waals surface area contributed by atoms with Gasteiger partial charge in [-0.2, -0.15) is 10.4 Å². The minimum atomic E-state index is -0.391. The molecule has 6 heteroatoms. The Balaban J connectivity index is 1.74. The topological polar surface area (TPSA) is 83.9 Å². The molecule has 1 amide bonds. The summed E-state index contributed by atoms with van der Waals surface area (Å²) in [4.78, 5) is 12.3. The van der Waals surface area contributed by atoms with E-state index in [1.165, 1.54) is 0 Å². The van der Waals surface area contributed by atoms with Gasteiger partial charge in [-0.15, -0.1) is 0 Å². The van der Waals surface area contributed by atoms with Crippen LogP contribution in [0.25, 0.3) is 0 Å². The maximum Gasteiger partial charge on any atom is 0.291 e. The van der Waals surface area contributed by atoms with Crippen LogP contribution < -0.4 is 5.32 Å². The molecule has 2 heterocycles. The summed E-state index contributed by atoms with van der Waals surface area (Å²) in [7, 11) is 0. The molecule has 0 saturated heterocycles. The number of amides is 1. The number of aryl methyl sites for hydroxylation is 2. The standard InChI is InChI=1S/C18H16N4O2/c1-12-9-13(2)22(21-12)11-15-7-8-17(24-15)18(23)20-16-6-4-3-5-14(16)10-19/h3-9H,11H2,1-2H3,(H,20,23). The van der Waals surface area contributed by atoms with Crippen molar-refractivity contribution in [3.63, 3.8) is 0 Å². The number of nitrogens with zero attached hydrogens (tertiary/aromatic N) is 3. The Morgan fingerprint density at radius 3 is 2.79 bits per heavy atom. The average molecular weight is 320 g/mol. The Morgan fingerprint density at radius 1 is 1.29 bits per heavy atom. The van der Waals surface area contributed by atoms with Crippen LogP contribution in [-0.2, 0) is 6.54 Å². The molecule has 0 aliphatic carbocycles. The Morgan fingerprint density at radius 2 is 2.08 bits per heavy atom. The third-order valence-electron chi connectivity index (χ3n) is 3.59. The van der Waals surface area contributed by atoms with E-state index >= 15 is 0 Å². The Bertz CT molecular complexity index is 931. The third-order valence-corrected chi connectivity index (χ3v) is 3.59. The van der Waals surface area contributed by atoms with Gasteiger partial charge in [-0.1, -0.05) is 12.1 Å². The van der Waals surface area contributed by atoms with Gasteiger partial charge in [-0.3, -0.25) is 9.48 Å². The van der Waals surface area contributed by atoms with Gasteiger partial charge < -0.3 is 9.73 Å². The van der Waals surface area contributed by atoms with Crippen LogP contribution in [-0.4, -0.2) is 15.7 Å². The maximum atomic E-state index is 12.3. The SMILES string of the molecule is Cc1cc(C)n(Cc2ccc(C(=O)Nc3ccccc3C#N)o2)n1. The molecule has 2 aromatic heterocycles. The first-order valence-electron chi connectivity index (χ1n) is 7.47. The molecule has 0 bridgehead atoms. The number of benzene rings is 1. The summed E-state index contributed by atoms with van der Waals surface area (Å²) in [6, 6.07) is 14.2. The van der Waals surface area contributed by atoms with E-state index in [9.17, 15) is 4.79 Å². The maximum absolute atomic E-state index is 12.3. The minimum absolute atomic E-state index is 0.194. The Kier molecular flexibility index (Phi) is 4.17. The summed E-state index contributed by atoms with van der Waals surface area (Å²) in [5.74, 6) is 0.441. The van der Waals surface area contributed by atoms with Crippen LogP contribution in [0, 0.1) is 25.2 Å². The number of anilines is 1. The third kappa shape index (κ3) is 3.20. The summed E-state index contributed by atoms with van der Waals surface area (Å²) >= 11 is 0. The van der Waals surface area contributed by atoms with Crippen molar-refractivity contribution >= 4 is 11.6 Å². The number of nitrogens with one attached hydrogen (secondary N) is 1. The molecule has 24 heavy (non-hydrogen) atoms. The van der Waals surface area contributed by atoms with Crippen molar-refractivity contribution in [3.05, 3.63) is 70.9 Å². The molecule has 0 saturated carbocycles. The number of carbonyl (C=O) groups excluding carboxylic acids is 1. The first kappa shape index (κ1) is 15.6. The average Bonchev–Trinajstić information content (AvgIpc) is 3.15. The predicted octanol–water partition coefficient (Wildman–Crippen LogP) is 3.27. The highest BCUT2D eigenvalue weighted by Gasteiger charge is 2.14. The molecule has 1 aromatic carbocycles. The molecule has 0 atom stereocenters.